The number of rotatable bonds is 4. The summed E-state index contributed by atoms with van der Waals surface area (Å²) >= 11 is 0. The Hall–Kier alpha value is -2.57. The van der Waals surface area contributed by atoms with Crippen LogP contribution >= 0.6 is 0 Å². The minimum atomic E-state index is -0.802. The number of hydrogen-bond donors (Lipinski definition) is 1. The third-order valence-electron chi connectivity index (χ3n) is 5.82. The predicted molar refractivity (Wildman–Crippen MR) is 104 cm³/mol. The minimum absolute atomic E-state index is 0.168. The number of nitrogens with zero attached hydrogens (tertiary/aromatic N) is 3. The molecule has 0 bridgehead atoms. The maximum atomic E-state index is 12.6. The van der Waals surface area contributed by atoms with E-state index in [-0.39, 0.29) is 18.0 Å². The number of unbranched alkanes of at least 4 members (excludes halogenated alkanes) is 1. The Labute approximate surface area is 160 Å². The van der Waals surface area contributed by atoms with E-state index in [1.807, 2.05) is 24.3 Å². The molecule has 7 heteroatoms. The number of benzene rings is 1. The molecule has 0 aromatic heterocycles. The van der Waals surface area contributed by atoms with Gasteiger partial charge in [0.2, 0.25) is 0 Å². The van der Waals surface area contributed by atoms with E-state index in [9.17, 15) is 14.4 Å². The molecule has 3 rings (SSSR count). The molecule has 0 radical (unpaired) electrons. The van der Waals surface area contributed by atoms with Crippen LogP contribution in [0.3, 0.4) is 0 Å². The summed E-state index contributed by atoms with van der Waals surface area (Å²) in [7, 11) is 3.18. The fraction of sp³-hybridized carbons (Fsp3) is 0.550. The van der Waals surface area contributed by atoms with E-state index in [1.54, 1.807) is 11.9 Å². The zero-order valence-electron chi connectivity index (χ0n) is 16.3. The lowest BCUT2D eigenvalue weighted by Crippen LogP contribution is -2.56. The molecule has 0 saturated carbocycles. The summed E-state index contributed by atoms with van der Waals surface area (Å²) in [5.74, 6) is -0.169. The Kier molecular flexibility index (Phi) is 5.39. The van der Waals surface area contributed by atoms with Crippen molar-refractivity contribution in [3.05, 3.63) is 29.8 Å². The van der Waals surface area contributed by atoms with Crippen LogP contribution in [-0.4, -0.2) is 65.4 Å². The predicted octanol–water partition coefficient (Wildman–Crippen LogP) is 2.92. The van der Waals surface area contributed by atoms with E-state index in [1.165, 1.54) is 22.4 Å². The summed E-state index contributed by atoms with van der Waals surface area (Å²) in [5.41, 5.74) is 1.24. The zero-order valence-corrected chi connectivity index (χ0v) is 16.3. The molecular formula is C20H28N4O3. The van der Waals surface area contributed by atoms with E-state index in [0.717, 1.165) is 24.9 Å². The third-order valence-corrected chi connectivity index (χ3v) is 5.82. The number of likely N-dealkylation sites (N-methyl/N-ethyl adjacent to an activating group) is 2. The molecular weight excluding hydrogens is 344 g/mol. The molecule has 1 aromatic carbocycles. The maximum Gasteiger partial charge on any atom is 0.327 e. The lowest BCUT2D eigenvalue weighted by atomic mass is 9.86. The van der Waals surface area contributed by atoms with Crippen molar-refractivity contribution in [3.63, 3.8) is 0 Å². The molecule has 2 aliphatic rings. The fourth-order valence-corrected chi connectivity index (χ4v) is 3.92. The average molecular weight is 372 g/mol. The first-order valence-corrected chi connectivity index (χ1v) is 9.60. The van der Waals surface area contributed by atoms with Gasteiger partial charge in [0, 0.05) is 32.9 Å². The van der Waals surface area contributed by atoms with Gasteiger partial charge in [-0.3, -0.25) is 9.69 Å². The first-order valence-electron chi connectivity index (χ1n) is 9.60. The molecule has 1 N–H and O–H groups in total. The van der Waals surface area contributed by atoms with Gasteiger partial charge in [-0.2, -0.15) is 0 Å². The largest absolute Gasteiger partial charge is 0.327 e. The summed E-state index contributed by atoms with van der Waals surface area (Å²) in [4.78, 5) is 41.6. The van der Waals surface area contributed by atoms with Gasteiger partial charge in [-0.1, -0.05) is 25.5 Å². The van der Waals surface area contributed by atoms with Crippen molar-refractivity contribution in [2.75, 3.05) is 32.5 Å². The monoisotopic (exact) mass is 372 g/mol. The second-order valence-corrected chi connectivity index (χ2v) is 7.46. The summed E-state index contributed by atoms with van der Waals surface area (Å²) < 4.78 is 0. The Morgan fingerprint density at radius 3 is 2.26 bits per heavy atom. The first-order chi connectivity index (χ1) is 12.9. The van der Waals surface area contributed by atoms with E-state index in [4.69, 9.17) is 0 Å². The molecule has 27 heavy (non-hydrogen) atoms. The summed E-state index contributed by atoms with van der Waals surface area (Å²) in [5, 5.41) is 2.93. The molecule has 2 fully saturated rings. The second-order valence-electron chi connectivity index (χ2n) is 7.46. The smallest absolute Gasteiger partial charge is 0.324 e. The molecule has 5 amide bonds. The topological polar surface area (TPSA) is 73.0 Å². The standard InChI is InChI=1S/C20H28N4O3/c1-4-5-6-15-7-9-16(10-8-15)21-18(26)24-13-11-20(12-14-24)17(25)22(2)19(27)23(20)3/h7-10H,4-6,11-14H2,1-3H3,(H,21,26). The number of hydrogen-bond acceptors (Lipinski definition) is 3. The number of urea groups is 2. The van der Waals surface area contributed by atoms with Crippen LogP contribution in [-0.2, 0) is 11.2 Å². The molecule has 1 spiro atoms. The quantitative estimate of drug-likeness (QED) is 0.826. The summed E-state index contributed by atoms with van der Waals surface area (Å²) in [6.07, 6.45) is 4.29. The Morgan fingerprint density at radius 2 is 1.74 bits per heavy atom. The highest BCUT2D eigenvalue weighted by atomic mass is 16.2. The van der Waals surface area contributed by atoms with Gasteiger partial charge in [0.25, 0.3) is 5.91 Å². The highest BCUT2D eigenvalue weighted by molar-refractivity contribution is 6.06. The van der Waals surface area contributed by atoms with Crippen LogP contribution < -0.4 is 5.32 Å². The first kappa shape index (κ1) is 19.2. The van der Waals surface area contributed by atoms with Gasteiger partial charge in [-0.05, 0) is 43.4 Å². The van der Waals surface area contributed by atoms with E-state index < -0.39 is 5.54 Å². The Morgan fingerprint density at radius 1 is 1.11 bits per heavy atom. The molecule has 2 saturated heterocycles. The minimum Gasteiger partial charge on any atom is -0.324 e. The van der Waals surface area contributed by atoms with Crippen molar-refractivity contribution in [2.24, 2.45) is 0 Å². The number of anilines is 1. The number of likely N-dealkylation sites (tertiary alicyclic amines) is 1. The molecule has 2 aliphatic heterocycles. The number of piperidine rings is 1. The van der Waals surface area contributed by atoms with E-state index in [2.05, 4.69) is 12.2 Å². The van der Waals surface area contributed by atoms with Gasteiger partial charge < -0.3 is 15.1 Å². The van der Waals surface area contributed by atoms with Gasteiger partial charge in [-0.25, -0.2) is 9.59 Å². The van der Waals surface area contributed by atoms with Gasteiger partial charge >= 0.3 is 12.1 Å². The highest BCUT2D eigenvalue weighted by Gasteiger charge is 2.55. The molecule has 2 heterocycles. The van der Waals surface area contributed by atoms with Gasteiger partial charge in [-0.15, -0.1) is 0 Å². The van der Waals surface area contributed by atoms with Crippen molar-refractivity contribution < 1.29 is 14.4 Å². The van der Waals surface area contributed by atoms with Crippen LogP contribution in [0.4, 0.5) is 15.3 Å². The summed E-state index contributed by atoms with van der Waals surface area (Å²) in [6, 6.07) is 7.50. The van der Waals surface area contributed by atoms with E-state index in [0.29, 0.717) is 25.9 Å². The number of imide groups is 1. The van der Waals surface area contributed by atoms with Crippen LogP contribution in [0.1, 0.15) is 38.2 Å². The van der Waals surface area contributed by atoms with Crippen LogP contribution in [0.5, 0.6) is 0 Å². The normalized spacial score (nSPS) is 19.1. The number of carbonyl (C=O) groups is 3. The van der Waals surface area contributed by atoms with Crippen molar-refractivity contribution in [2.45, 2.75) is 44.6 Å². The number of nitrogens with one attached hydrogen (secondary N) is 1. The number of carbonyl (C=O) groups excluding carboxylic acids is 3. The van der Waals surface area contributed by atoms with Crippen LogP contribution in [0, 0.1) is 0 Å². The molecule has 7 nitrogen and oxygen atoms in total. The number of aryl methyl sites for hydroxylation is 1. The van der Waals surface area contributed by atoms with Gasteiger partial charge in [0.05, 0.1) is 0 Å². The maximum absolute atomic E-state index is 12.6. The second kappa shape index (κ2) is 7.58. The van der Waals surface area contributed by atoms with Crippen molar-refractivity contribution in [1.29, 1.82) is 0 Å². The van der Waals surface area contributed by atoms with Crippen molar-refractivity contribution in [1.82, 2.24) is 14.7 Å². The van der Waals surface area contributed by atoms with Gasteiger partial charge in [0.15, 0.2) is 0 Å². The molecule has 146 valence electrons. The van der Waals surface area contributed by atoms with Crippen molar-refractivity contribution >= 4 is 23.7 Å². The van der Waals surface area contributed by atoms with E-state index >= 15 is 0 Å². The third kappa shape index (κ3) is 3.50. The fourth-order valence-electron chi connectivity index (χ4n) is 3.92. The SMILES string of the molecule is CCCCc1ccc(NC(=O)N2CCC3(CC2)C(=O)N(C)C(=O)N3C)cc1. The van der Waals surface area contributed by atoms with Crippen LogP contribution in [0.2, 0.25) is 0 Å². The zero-order chi connectivity index (χ0) is 19.6. The average Bonchev–Trinajstić information content (AvgIpc) is 2.84. The Bertz CT molecular complexity index is 723. The lowest BCUT2D eigenvalue weighted by molar-refractivity contribution is -0.134. The van der Waals surface area contributed by atoms with Crippen LogP contribution in [0.25, 0.3) is 0 Å². The summed E-state index contributed by atoms with van der Waals surface area (Å²) in [6.45, 7) is 3.05. The Balaban J connectivity index is 1.57. The lowest BCUT2D eigenvalue weighted by Gasteiger charge is -2.40. The highest BCUT2D eigenvalue weighted by Crippen LogP contribution is 2.35. The molecule has 0 unspecified atom stereocenters. The molecule has 0 aliphatic carbocycles. The number of amides is 5. The molecule has 1 aromatic rings. The van der Waals surface area contributed by atoms with Crippen molar-refractivity contribution in [3.8, 4) is 0 Å². The van der Waals surface area contributed by atoms with Gasteiger partial charge in [0.1, 0.15) is 5.54 Å². The molecule has 0 atom stereocenters. The van der Waals surface area contributed by atoms with Crippen LogP contribution in [0.15, 0.2) is 24.3 Å².